The van der Waals surface area contributed by atoms with Crippen LogP contribution in [0.25, 0.3) is 5.76 Å². The molecule has 3 aliphatic rings. The lowest BCUT2D eigenvalue weighted by atomic mass is 9.59. The first kappa shape index (κ1) is 23.5. The average Bonchev–Trinajstić information content (AvgIpc) is 2.82. The van der Waals surface area contributed by atoms with Crippen molar-refractivity contribution in [2.75, 3.05) is 0 Å². The highest BCUT2D eigenvalue weighted by atomic mass is 16.3. The molecule has 2 aromatic rings. The van der Waals surface area contributed by atoms with Gasteiger partial charge in [0.15, 0.2) is 17.2 Å². The van der Waals surface area contributed by atoms with E-state index >= 15 is 0 Å². The van der Waals surface area contributed by atoms with Crippen LogP contribution >= 0.6 is 0 Å². The van der Waals surface area contributed by atoms with Crippen molar-refractivity contribution in [1.29, 1.82) is 0 Å². The fourth-order valence-electron chi connectivity index (χ4n) is 5.76. The van der Waals surface area contributed by atoms with Crippen LogP contribution in [0.1, 0.15) is 39.9 Å². The van der Waals surface area contributed by atoms with Gasteiger partial charge in [0.25, 0.3) is 5.91 Å². The van der Waals surface area contributed by atoms with Crippen LogP contribution in [-0.4, -0.2) is 49.3 Å². The molecule has 184 valence electrons. The number of aliphatic hydroxyl groups is 3. The van der Waals surface area contributed by atoms with Crippen molar-refractivity contribution in [2.45, 2.75) is 31.3 Å². The van der Waals surface area contributed by atoms with E-state index in [1.807, 2.05) is 18.2 Å². The van der Waals surface area contributed by atoms with E-state index in [-0.39, 0.29) is 47.5 Å². The van der Waals surface area contributed by atoms with Crippen molar-refractivity contribution < 1.29 is 39.6 Å². The number of primary amides is 1. The Kier molecular flexibility index (Phi) is 5.33. The summed E-state index contributed by atoms with van der Waals surface area (Å²) in [7, 11) is 0. The molecule has 3 aliphatic carbocycles. The molecular formula is C27H23NO8. The summed E-state index contributed by atoms with van der Waals surface area (Å²) in [5.74, 6) is -7.24. The van der Waals surface area contributed by atoms with Gasteiger partial charge >= 0.3 is 0 Å². The summed E-state index contributed by atoms with van der Waals surface area (Å²) in [5, 5.41) is 43.6. The molecular weight excluding hydrogens is 466 g/mol. The Morgan fingerprint density at radius 1 is 1.00 bits per heavy atom. The summed E-state index contributed by atoms with van der Waals surface area (Å²) in [4.78, 5) is 50.9. The fourth-order valence-corrected chi connectivity index (χ4v) is 5.76. The Morgan fingerprint density at radius 3 is 2.36 bits per heavy atom. The molecule has 6 N–H and O–H groups in total. The predicted octanol–water partition coefficient (Wildman–Crippen LogP) is 1.85. The number of benzene rings is 2. The lowest BCUT2D eigenvalue weighted by molar-refractivity contribution is -0.147. The predicted molar refractivity (Wildman–Crippen MR) is 126 cm³/mol. The van der Waals surface area contributed by atoms with Crippen molar-refractivity contribution in [1.82, 2.24) is 0 Å². The van der Waals surface area contributed by atoms with Gasteiger partial charge < -0.3 is 26.2 Å². The number of fused-ring (bicyclic) bond motifs is 3. The van der Waals surface area contributed by atoms with Crippen LogP contribution in [0.15, 0.2) is 59.4 Å². The quantitative estimate of drug-likeness (QED) is 0.319. The van der Waals surface area contributed by atoms with Crippen LogP contribution in [0.2, 0.25) is 0 Å². The van der Waals surface area contributed by atoms with Gasteiger partial charge in [-0.3, -0.25) is 19.2 Å². The fraction of sp³-hybridized carbons (Fsp3) is 0.259. The van der Waals surface area contributed by atoms with Crippen molar-refractivity contribution in [3.63, 3.8) is 0 Å². The monoisotopic (exact) mass is 489 g/mol. The Labute approximate surface area is 205 Å². The summed E-state index contributed by atoms with van der Waals surface area (Å²) >= 11 is 0. The number of carbonyl (C=O) groups excluding carboxylic acids is 4. The summed E-state index contributed by atoms with van der Waals surface area (Å²) in [6, 6.07) is 11.8. The molecule has 2 aromatic carbocycles. The van der Waals surface area contributed by atoms with Crippen LogP contribution in [0.5, 0.6) is 5.75 Å². The third kappa shape index (κ3) is 3.27. The summed E-state index contributed by atoms with van der Waals surface area (Å²) < 4.78 is 0. The lowest BCUT2D eigenvalue weighted by Crippen LogP contribution is -2.58. The van der Waals surface area contributed by atoms with Gasteiger partial charge in [0.2, 0.25) is 5.78 Å². The Morgan fingerprint density at radius 2 is 1.69 bits per heavy atom. The van der Waals surface area contributed by atoms with Gasteiger partial charge in [-0.25, -0.2) is 0 Å². The molecule has 0 radical (unpaired) electrons. The van der Waals surface area contributed by atoms with Gasteiger partial charge in [-0.15, -0.1) is 0 Å². The van der Waals surface area contributed by atoms with Crippen molar-refractivity contribution in [3.8, 4) is 5.75 Å². The van der Waals surface area contributed by atoms with Crippen molar-refractivity contribution in [3.05, 3.63) is 81.6 Å². The SMILES string of the molecule is NC(=O)C1=C(O)C2(O)C(=O)C3=C(O)c4c(O)ccc(C(=O)Cc5ccccc5)c4CC3CC2CC1=O. The van der Waals surface area contributed by atoms with E-state index in [4.69, 9.17) is 5.73 Å². The van der Waals surface area contributed by atoms with Gasteiger partial charge in [-0.2, -0.15) is 0 Å². The first-order valence-corrected chi connectivity index (χ1v) is 11.4. The molecule has 36 heavy (non-hydrogen) atoms. The third-order valence-electron chi connectivity index (χ3n) is 7.46. The number of aliphatic hydroxyl groups excluding tert-OH is 2. The second-order valence-electron chi connectivity index (χ2n) is 9.48. The largest absolute Gasteiger partial charge is 0.508 e. The van der Waals surface area contributed by atoms with Gasteiger partial charge in [0, 0.05) is 29.9 Å². The Balaban J connectivity index is 1.62. The Hall–Kier alpha value is -4.24. The first-order chi connectivity index (χ1) is 17.1. The van der Waals surface area contributed by atoms with E-state index in [1.54, 1.807) is 12.1 Å². The normalized spacial score (nSPS) is 25.2. The second kappa shape index (κ2) is 8.17. The standard InChI is InChI=1S/C27H23NO8/c28-26(35)22-19(31)11-14-9-13-10-16-15(18(30)8-12-4-2-1-3-5-12)6-7-17(29)21(16)23(32)20(13)24(33)27(14,36)25(22)34/h1-7,13-14,29,32,34,36H,8-11H2,(H2,28,35). The minimum absolute atomic E-state index is 0.00485. The number of Topliss-reactive ketones (excluding diaryl/α,β-unsaturated/α-hetero) is 3. The first-order valence-electron chi connectivity index (χ1n) is 11.4. The molecule has 9 heteroatoms. The van der Waals surface area contributed by atoms with Gasteiger partial charge in [0.05, 0.1) is 5.56 Å². The van der Waals surface area contributed by atoms with Crippen LogP contribution in [0, 0.1) is 11.8 Å². The van der Waals surface area contributed by atoms with Crippen LogP contribution in [-0.2, 0) is 27.2 Å². The Bertz CT molecular complexity index is 1420. The van der Waals surface area contributed by atoms with E-state index in [9.17, 15) is 39.6 Å². The molecule has 3 unspecified atom stereocenters. The molecule has 1 amide bonds. The average molecular weight is 489 g/mol. The molecule has 0 heterocycles. The van der Waals surface area contributed by atoms with E-state index < -0.39 is 58.4 Å². The number of hydrogen-bond acceptors (Lipinski definition) is 8. The molecule has 3 atom stereocenters. The number of phenolic OH excluding ortho intramolecular Hbond substituents is 1. The number of carbonyl (C=O) groups is 4. The number of phenols is 1. The van der Waals surface area contributed by atoms with Crippen molar-refractivity contribution >= 4 is 29.0 Å². The highest BCUT2D eigenvalue weighted by molar-refractivity contribution is 6.22. The number of rotatable bonds is 4. The molecule has 0 aliphatic heterocycles. The zero-order valence-corrected chi connectivity index (χ0v) is 19.0. The van der Waals surface area contributed by atoms with Crippen LogP contribution in [0.3, 0.4) is 0 Å². The maximum Gasteiger partial charge on any atom is 0.255 e. The molecule has 0 bridgehead atoms. The van der Waals surface area contributed by atoms with Gasteiger partial charge in [-0.05, 0) is 42.0 Å². The molecule has 0 saturated heterocycles. The highest BCUT2D eigenvalue weighted by Gasteiger charge is 2.60. The van der Waals surface area contributed by atoms with E-state index in [1.165, 1.54) is 12.1 Å². The molecule has 9 nitrogen and oxygen atoms in total. The number of hydrogen-bond donors (Lipinski definition) is 5. The molecule has 0 spiro atoms. The number of amides is 1. The molecule has 5 rings (SSSR count). The molecule has 1 fully saturated rings. The number of nitrogens with two attached hydrogens (primary N) is 1. The van der Waals surface area contributed by atoms with Crippen LogP contribution < -0.4 is 5.73 Å². The van der Waals surface area contributed by atoms with E-state index in [0.717, 1.165) is 5.56 Å². The highest BCUT2D eigenvalue weighted by Crippen LogP contribution is 2.52. The number of aromatic hydroxyl groups is 1. The van der Waals surface area contributed by atoms with E-state index in [2.05, 4.69) is 0 Å². The molecule has 1 saturated carbocycles. The second-order valence-corrected chi connectivity index (χ2v) is 9.48. The zero-order valence-electron chi connectivity index (χ0n) is 19.0. The van der Waals surface area contributed by atoms with Crippen LogP contribution in [0.4, 0.5) is 0 Å². The summed E-state index contributed by atoms with van der Waals surface area (Å²) in [6.07, 6.45) is -0.226. The minimum atomic E-state index is -2.62. The van der Waals surface area contributed by atoms with Gasteiger partial charge in [-0.1, -0.05) is 30.3 Å². The zero-order chi connectivity index (χ0) is 25.9. The van der Waals surface area contributed by atoms with Crippen molar-refractivity contribution in [2.24, 2.45) is 17.6 Å². The smallest absolute Gasteiger partial charge is 0.255 e. The topological polar surface area (TPSA) is 175 Å². The van der Waals surface area contributed by atoms with E-state index in [0.29, 0.717) is 5.56 Å². The minimum Gasteiger partial charge on any atom is -0.508 e. The third-order valence-corrected chi connectivity index (χ3v) is 7.46. The van der Waals surface area contributed by atoms with Gasteiger partial charge in [0.1, 0.15) is 22.8 Å². The maximum absolute atomic E-state index is 13.5. The summed E-state index contributed by atoms with van der Waals surface area (Å²) in [6.45, 7) is 0. The summed E-state index contributed by atoms with van der Waals surface area (Å²) in [5.41, 5.74) is 2.82. The number of ketones is 3. The maximum atomic E-state index is 13.5. The lowest BCUT2D eigenvalue weighted by Gasteiger charge is -2.46. The molecule has 0 aromatic heterocycles.